The van der Waals surface area contributed by atoms with E-state index in [9.17, 15) is 5.26 Å². The molecule has 0 radical (unpaired) electrons. The second kappa shape index (κ2) is 6.18. The zero-order valence-corrected chi connectivity index (χ0v) is 11.9. The minimum atomic E-state index is -0.589. The van der Waals surface area contributed by atoms with Crippen molar-refractivity contribution in [2.75, 3.05) is 19.6 Å². The standard InChI is InChI=1S/C16H23N3/c1-3-18-16(12-17,15-9-5-4-6-10-15)13-19-11-7-8-14(19)2/h4-6,9-10,14,18H,3,7-8,11,13H2,1-2H3. The first-order valence-corrected chi connectivity index (χ1v) is 7.17. The lowest BCUT2D eigenvalue weighted by Crippen LogP contribution is -2.50. The largest absolute Gasteiger partial charge is 0.297 e. The van der Waals surface area contributed by atoms with Gasteiger partial charge >= 0.3 is 0 Å². The van der Waals surface area contributed by atoms with E-state index in [0.717, 1.165) is 25.2 Å². The fraction of sp³-hybridized carbons (Fsp3) is 0.562. The van der Waals surface area contributed by atoms with E-state index in [2.05, 4.69) is 30.1 Å². The molecule has 1 aliphatic heterocycles. The van der Waals surface area contributed by atoms with Crippen molar-refractivity contribution in [2.45, 2.75) is 38.3 Å². The van der Waals surface area contributed by atoms with E-state index >= 15 is 0 Å². The molecule has 2 unspecified atom stereocenters. The Morgan fingerprint density at radius 2 is 2.16 bits per heavy atom. The van der Waals surface area contributed by atoms with Crippen LogP contribution in [0.25, 0.3) is 0 Å². The highest BCUT2D eigenvalue weighted by atomic mass is 15.2. The van der Waals surface area contributed by atoms with Gasteiger partial charge in [0.1, 0.15) is 5.54 Å². The van der Waals surface area contributed by atoms with Crippen LogP contribution in [0.2, 0.25) is 0 Å². The molecule has 1 aromatic carbocycles. The molecule has 2 rings (SSSR count). The second-order valence-corrected chi connectivity index (χ2v) is 5.38. The summed E-state index contributed by atoms with van der Waals surface area (Å²) in [5.41, 5.74) is 0.479. The zero-order chi connectivity index (χ0) is 13.7. The third-order valence-corrected chi connectivity index (χ3v) is 4.07. The number of hydrogen-bond acceptors (Lipinski definition) is 3. The molecular formula is C16H23N3. The van der Waals surface area contributed by atoms with E-state index in [4.69, 9.17) is 0 Å². The van der Waals surface area contributed by atoms with Crippen LogP contribution >= 0.6 is 0 Å². The van der Waals surface area contributed by atoms with Crippen LogP contribution in [-0.2, 0) is 5.54 Å². The van der Waals surface area contributed by atoms with Gasteiger partial charge in [-0.05, 0) is 38.4 Å². The topological polar surface area (TPSA) is 39.1 Å². The van der Waals surface area contributed by atoms with Crippen molar-refractivity contribution < 1.29 is 0 Å². The Kier molecular flexibility index (Phi) is 4.57. The van der Waals surface area contributed by atoms with Crippen molar-refractivity contribution in [3.05, 3.63) is 35.9 Å². The minimum absolute atomic E-state index is 0.579. The molecule has 3 nitrogen and oxygen atoms in total. The van der Waals surface area contributed by atoms with Crippen LogP contribution in [0.1, 0.15) is 32.3 Å². The van der Waals surface area contributed by atoms with E-state index in [1.54, 1.807) is 0 Å². The highest BCUT2D eigenvalue weighted by molar-refractivity contribution is 5.32. The SMILES string of the molecule is CCNC(C#N)(CN1CCCC1C)c1ccccc1. The van der Waals surface area contributed by atoms with Crippen LogP contribution in [0.4, 0.5) is 0 Å². The molecule has 0 saturated carbocycles. The Hall–Kier alpha value is -1.37. The summed E-state index contributed by atoms with van der Waals surface area (Å²) in [5, 5.41) is 13.2. The Morgan fingerprint density at radius 3 is 2.68 bits per heavy atom. The molecule has 2 atom stereocenters. The van der Waals surface area contributed by atoms with Gasteiger partial charge in [0.25, 0.3) is 0 Å². The first-order chi connectivity index (χ1) is 9.22. The molecule has 19 heavy (non-hydrogen) atoms. The summed E-state index contributed by atoms with van der Waals surface area (Å²) in [5.74, 6) is 0. The van der Waals surface area contributed by atoms with Crippen LogP contribution in [0.3, 0.4) is 0 Å². The van der Waals surface area contributed by atoms with Gasteiger partial charge in [-0.1, -0.05) is 37.3 Å². The van der Waals surface area contributed by atoms with Crippen LogP contribution in [-0.4, -0.2) is 30.6 Å². The number of likely N-dealkylation sites (N-methyl/N-ethyl adjacent to an activating group) is 1. The summed E-state index contributed by atoms with van der Waals surface area (Å²) in [6, 6.07) is 13.2. The Bertz CT molecular complexity index is 437. The van der Waals surface area contributed by atoms with E-state index < -0.39 is 5.54 Å². The number of nitrogens with one attached hydrogen (secondary N) is 1. The van der Waals surface area contributed by atoms with Gasteiger partial charge in [-0.15, -0.1) is 0 Å². The Morgan fingerprint density at radius 1 is 1.42 bits per heavy atom. The molecule has 1 saturated heterocycles. The predicted molar refractivity (Wildman–Crippen MR) is 77.7 cm³/mol. The molecule has 0 bridgehead atoms. The van der Waals surface area contributed by atoms with Crippen molar-refractivity contribution in [3.8, 4) is 6.07 Å². The predicted octanol–water partition coefficient (Wildman–Crippen LogP) is 2.50. The van der Waals surface area contributed by atoms with E-state index in [1.165, 1.54) is 12.8 Å². The number of likely N-dealkylation sites (tertiary alicyclic amines) is 1. The maximum Gasteiger partial charge on any atom is 0.145 e. The highest BCUT2D eigenvalue weighted by Crippen LogP contribution is 2.26. The number of rotatable bonds is 5. The van der Waals surface area contributed by atoms with Gasteiger partial charge in [0.15, 0.2) is 0 Å². The molecule has 1 heterocycles. The average molecular weight is 257 g/mol. The monoisotopic (exact) mass is 257 g/mol. The molecule has 1 aliphatic rings. The second-order valence-electron chi connectivity index (χ2n) is 5.38. The highest BCUT2D eigenvalue weighted by Gasteiger charge is 2.36. The van der Waals surface area contributed by atoms with Gasteiger partial charge < -0.3 is 0 Å². The summed E-state index contributed by atoms with van der Waals surface area (Å²) in [4.78, 5) is 2.43. The zero-order valence-electron chi connectivity index (χ0n) is 11.9. The van der Waals surface area contributed by atoms with E-state index in [1.807, 2.05) is 30.3 Å². The van der Waals surface area contributed by atoms with Gasteiger partial charge in [-0.25, -0.2) is 0 Å². The van der Waals surface area contributed by atoms with E-state index in [0.29, 0.717) is 6.04 Å². The smallest absolute Gasteiger partial charge is 0.145 e. The minimum Gasteiger partial charge on any atom is -0.297 e. The third kappa shape index (κ3) is 2.97. The molecule has 3 heteroatoms. The molecule has 0 aromatic heterocycles. The van der Waals surface area contributed by atoms with Crippen molar-refractivity contribution in [2.24, 2.45) is 0 Å². The molecule has 0 aliphatic carbocycles. The fourth-order valence-corrected chi connectivity index (χ4v) is 2.95. The lowest BCUT2D eigenvalue weighted by molar-refractivity contribution is 0.207. The first kappa shape index (κ1) is 14.0. The van der Waals surface area contributed by atoms with Crippen molar-refractivity contribution in [3.63, 3.8) is 0 Å². The van der Waals surface area contributed by atoms with E-state index in [-0.39, 0.29) is 0 Å². The lowest BCUT2D eigenvalue weighted by atomic mass is 9.90. The third-order valence-electron chi connectivity index (χ3n) is 4.07. The lowest BCUT2D eigenvalue weighted by Gasteiger charge is -2.34. The molecule has 1 N–H and O–H groups in total. The average Bonchev–Trinajstić information content (AvgIpc) is 2.84. The van der Waals surface area contributed by atoms with Gasteiger partial charge in [-0.2, -0.15) is 5.26 Å². The van der Waals surface area contributed by atoms with Gasteiger partial charge in [0, 0.05) is 12.6 Å². The number of nitrogens with zero attached hydrogens (tertiary/aromatic N) is 2. The van der Waals surface area contributed by atoms with Crippen molar-refractivity contribution in [1.82, 2.24) is 10.2 Å². The van der Waals surface area contributed by atoms with Crippen LogP contribution < -0.4 is 5.32 Å². The summed E-state index contributed by atoms with van der Waals surface area (Å²) in [6.45, 7) is 6.98. The molecule has 102 valence electrons. The van der Waals surface area contributed by atoms with Gasteiger partial charge in [0.05, 0.1) is 6.07 Å². The molecule has 1 fully saturated rings. The number of hydrogen-bond donors (Lipinski definition) is 1. The van der Waals surface area contributed by atoms with Crippen molar-refractivity contribution in [1.29, 1.82) is 5.26 Å². The molecular weight excluding hydrogens is 234 g/mol. The fourth-order valence-electron chi connectivity index (χ4n) is 2.95. The first-order valence-electron chi connectivity index (χ1n) is 7.17. The molecule has 1 aromatic rings. The van der Waals surface area contributed by atoms with Gasteiger partial charge in [0.2, 0.25) is 0 Å². The number of benzene rings is 1. The maximum absolute atomic E-state index is 9.77. The summed E-state index contributed by atoms with van der Waals surface area (Å²) in [6.07, 6.45) is 2.48. The molecule has 0 amide bonds. The van der Waals surface area contributed by atoms with Crippen molar-refractivity contribution >= 4 is 0 Å². The molecule has 0 spiro atoms. The van der Waals surface area contributed by atoms with Gasteiger partial charge in [-0.3, -0.25) is 10.2 Å². The normalized spacial score (nSPS) is 22.9. The quantitative estimate of drug-likeness (QED) is 0.881. The Labute approximate surface area is 116 Å². The number of nitriles is 1. The maximum atomic E-state index is 9.77. The van der Waals surface area contributed by atoms with Crippen LogP contribution in [0.5, 0.6) is 0 Å². The summed E-state index contributed by atoms with van der Waals surface area (Å²) >= 11 is 0. The summed E-state index contributed by atoms with van der Waals surface area (Å²) in [7, 11) is 0. The van der Waals surface area contributed by atoms with Crippen LogP contribution in [0.15, 0.2) is 30.3 Å². The summed E-state index contributed by atoms with van der Waals surface area (Å²) < 4.78 is 0. The van der Waals surface area contributed by atoms with Crippen LogP contribution in [0, 0.1) is 11.3 Å². The Balaban J connectivity index is 2.27.